The fourth-order valence-electron chi connectivity index (χ4n) is 2.35. The van der Waals surface area contributed by atoms with Crippen LogP contribution in [0.5, 0.6) is 0 Å². The first-order valence-corrected chi connectivity index (χ1v) is 7.00. The normalized spacial score (nSPS) is 20.6. The molecule has 1 fully saturated rings. The maximum Gasteiger partial charge on any atom is 0.0749 e. The zero-order valence-corrected chi connectivity index (χ0v) is 11.2. The molecule has 0 amide bonds. The number of nitrogens with one attached hydrogen (secondary N) is 1. The molecule has 1 aliphatic heterocycles. The van der Waals surface area contributed by atoms with Crippen molar-refractivity contribution in [2.24, 2.45) is 0 Å². The van der Waals surface area contributed by atoms with Crippen molar-refractivity contribution in [1.82, 2.24) is 15.1 Å². The van der Waals surface area contributed by atoms with Gasteiger partial charge in [0.2, 0.25) is 0 Å². The first-order valence-electron chi connectivity index (χ1n) is 6.19. The lowest BCUT2D eigenvalue weighted by atomic mass is 10.3. The van der Waals surface area contributed by atoms with Gasteiger partial charge in [0.15, 0.2) is 0 Å². The van der Waals surface area contributed by atoms with E-state index in [1.807, 2.05) is 17.4 Å². The van der Waals surface area contributed by atoms with Gasteiger partial charge in [-0.25, -0.2) is 0 Å². The van der Waals surface area contributed by atoms with Gasteiger partial charge in [0.05, 0.1) is 16.7 Å². The Morgan fingerprint density at radius 1 is 1.50 bits per heavy atom. The summed E-state index contributed by atoms with van der Waals surface area (Å²) in [7, 11) is 1.80. The van der Waals surface area contributed by atoms with Crippen molar-refractivity contribution in [3.05, 3.63) is 29.3 Å². The Hall–Kier alpha value is -1.17. The molecule has 5 heteroatoms. The second-order valence-electron chi connectivity index (χ2n) is 4.62. The summed E-state index contributed by atoms with van der Waals surface area (Å²) in [5, 5.41) is 6.99. The van der Waals surface area contributed by atoms with E-state index in [9.17, 15) is 0 Å². The summed E-state index contributed by atoms with van der Waals surface area (Å²) in [6.07, 6.45) is 3.35. The molecule has 4 nitrogen and oxygen atoms in total. The first kappa shape index (κ1) is 11.9. The van der Waals surface area contributed by atoms with Crippen LogP contribution in [0.25, 0.3) is 10.6 Å². The highest BCUT2D eigenvalue weighted by Gasteiger charge is 2.22. The fourth-order valence-corrected chi connectivity index (χ4v) is 3.38. The molecule has 1 aliphatic rings. The van der Waals surface area contributed by atoms with E-state index < -0.39 is 0 Å². The Labute approximate surface area is 111 Å². The number of ether oxygens (including phenoxy) is 1. The third-order valence-electron chi connectivity index (χ3n) is 3.37. The number of methoxy groups -OCH3 is 1. The molecular formula is C13H17N3OS. The van der Waals surface area contributed by atoms with Crippen LogP contribution >= 0.6 is 11.3 Å². The van der Waals surface area contributed by atoms with Gasteiger partial charge < -0.3 is 4.74 Å². The summed E-state index contributed by atoms with van der Waals surface area (Å²) in [5.41, 5.74) is 1.10. The maximum atomic E-state index is 5.39. The molecule has 0 radical (unpaired) electrons. The lowest BCUT2D eigenvalue weighted by Gasteiger charge is -2.13. The summed E-state index contributed by atoms with van der Waals surface area (Å²) >= 11 is 1.83. The van der Waals surface area contributed by atoms with Crippen LogP contribution in [0.1, 0.15) is 11.3 Å². The van der Waals surface area contributed by atoms with E-state index in [0.717, 1.165) is 31.7 Å². The van der Waals surface area contributed by atoms with Crippen molar-refractivity contribution in [3.8, 4) is 10.6 Å². The van der Waals surface area contributed by atoms with Crippen LogP contribution < -0.4 is 0 Å². The van der Waals surface area contributed by atoms with Gasteiger partial charge in [-0.2, -0.15) is 5.10 Å². The van der Waals surface area contributed by atoms with E-state index in [1.54, 1.807) is 13.3 Å². The summed E-state index contributed by atoms with van der Waals surface area (Å²) in [6.45, 7) is 3.21. The zero-order valence-electron chi connectivity index (χ0n) is 10.4. The van der Waals surface area contributed by atoms with Crippen molar-refractivity contribution in [2.45, 2.75) is 19.1 Å². The molecule has 1 saturated heterocycles. The van der Waals surface area contributed by atoms with Gasteiger partial charge in [0.25, 0.3) is 0 Å². The highest BCUT2D eigenvalue weighted by molar-refractivity contribution is 7.15. The predicted octanol–water partition coefficient (Wildman–Crippen LogP) is 2.36. The quantitative estimate of drug-likeness (QED) is 0.920. The van der Waals surface area contributed by atoms with Crippen molar-refractivity contribution in [2.75, 3.05) is 20.2 Å². The van der Waals surface area contributed by atoms with Crippen LogP contribution in [-0.2, 0) is 11.3 Å². The molecule has 0 saturated carbocycles. The lowest BCUT2D eigenvalue weighted by Crippen LogP contribution is -2.21. The van der Waals surface area contributed by atoms with Crippen molar-refractivity contribution in [1.29, 1.82) is 0 Å². The number of aromatic amines is 1. The lowest BCUT2D eigenvalue weighted by molar-refractivity contribution is 0.107. The van der Waals surface area contributed by atoms with E-state index in [1.165, 1.54) is 9.75 Å². The van der Waals surface area contributed by atoms with Crippen LogP contribution in [0.3, 0.4) is 0 Å². The van der Waals surface area contributed by atoms with E-state index in [0.29, 0.717) is 6.10 Å². The Bertz CT molecular complexity index is 494. The molecule has 3 heterocycles. The predicted molar refractivity (Wildman–Crippen MR) is 72.6 cm³/mol. The number of H-pyrrole nitrogens is 1. The highest BCUT2D eigenvalue weighted by Crippen LogP contribution is 2.28. The molecule has 1 N–H and O–H groups in total. The average molecular weight is 263 g/mol. The molecule has 2 aromatic heterocycles. The van der Waals surface area contributed by atoms with E-state index >= 15 is 0 Å². The molecule has 0 spiro atoms. The van der Waals surface area contributed by atoms with Gasteiger partial charge in [0.1, 0.15) is 0 Å². The molecule has 18 heavy (non-hydrogen) atoms. The third kappa shape index (κ3) is 2.48. The van der Waals surface area contributed by atoms with Gasteiger partial charge >= 0.3 is 0 Å². The second-order valence-corrected chi connectivity index (χ2v) is 5.79. The van der Waals surface area contributed by atoms with E-state index in [4.69, 9.17) is 4.74 Å². The highest BCUT2D eigenvalue weighted by atomic mass is 32.1. The number of thiophene rings is 1. The second kappa shape index (κ2) is 5.22. The summed E-state index contributed by atoms with van der Waals surface area (Å²) in [4.78, 5) is 5.11. The third-order valence-corrected chi connectivity index (χ3v) is 4.47. The standard InChI is InChI=1S/C13H17N3OS/c1-17-10-5-7-16(8-10)9-11-2-3-13(18-11)12-4-6-14-15-12/h2-4,6,10H,5,7-9H2,1H3,(H,14,15)/t10-/m0/s1. The smallest absolute Gasteiger partial charge is 0.0749 e. The van der Waals surface area contributed by atoms with Gasteiger partial charge in [0, 0.05) is 37.8 Å². The number of hydrogen-bond acceptors (Lipinski definition) is 4. The topological polar surface area (TPSA) is 41.1 Å². The fraction of sp³-hybridized carbons (Fsp3) is 0.462. The number of hydrogen-bond donors (Lipinski definition) is 1. The van der Waals surface area contributed by atoms with Gasteiger partial charge in [-0.1, -0.05) is 0 Å². The Morgan fingerprint density at radius 3 is 3.17 bits per heavy atom. The Balaban J connectivity index is 1.64. The number of nitrogens with zero attached hydrogens (tertiary/aromatic N) is 2. The summed E-state index contributed by atoms with van der Waals surface area (Å²) in [5.74, 6) is 0. The molecule has 2 aromatic rings. The minimum absolute atomic E-state index is 0.414. The first-order chi connectivity index (χ1) is 8.85. The monoisotopic (exact) mass is 263 g/mol. The molecular weight excluding hydrogens is 246 g/mol. The molecule has 3 rings (SSSR count). The number of aromatic nitrogens is 2. The molecule has 96 valence electrons. The zero-order chi connectivity index (χ0) is 12.4. The Morgan fingerprint density at radius 2 is 2.44 bits per heavy atom. The maximum absolute atomic E-state index is 5.39. The van der Waals surface area contributed by atoms with Crippen LogP contribution in [-0.4, -0.2) is 41.4 Å². The van der Waals surface area contributed by atoms with Crippen molar-refractivity contribution >= 4 is 11.3 Å². The minimum Gasteiger partial charge on any atom is -0.380 e. The van der Waals surface area contributed by atoms with Crippen molar-refractivity contribution in [3.63, 3.8) is 0 Å². The number of rotatable bonds is 4. The van der Waals surface area contributed by atoms with Crippen molar-refractivity contribution < 1.29 is 4.74 Å². The summed E-state index contributed by atoms with van der Waals surface area (Å²) < 4.78 is 5.39. The van der Waals surface area contributed by atoms with Gasteiger partial charge in [-0.3, -0.25) is 10.00 Å². The largest absolute Gasteiger partial charge is 0.380 e. The molecule has 0 aliphatic carbocycles. The van der Waals surface area contributed by atoms with E-state index in [-0.39, 0.29) is 0 Å². The van der Waals surface area contributed by atoms with Crippen LogP contribution in [0.2, 0.25) is 0 Å². The van der Waals surface area contributed by atoms with Crippen LogP contribution in [0.4, 0.5) is 0 Å². The molecule has 0 bridgehead atoms. The summed E-state index contributed by atoms with van der Waals surface area (Å²) in [6, 6.07) is 6.38. The minimum atomic E-state index is 0.414. The molecule has 1 atom stereocenters. The van der Waals surface area contributed by atoms with Crippen LogP contribution in [0, 0.1) is 0 Å². The molecule has 0 unspecified atom stereocenters. The molecule has 0 aromatic carbocycles. The van der Waals surface area contributed by atoms with Gasteiger partial charge in [-0.05, 0) is 24.6 Å². The SMILES string of the molecule is CO[C@H]1CCN(Cc2ccc(-c3ccn[nH]3)s2)C1. The Kier molecular flexibility index (Phi) is 3.45. The van der Waals surface area contributed by atoms with Gasteiger partial charge in [-0.15, -0.1) is 11.3 Å². The van der Waals surface area contributed by atoms with Crippen LogP contribution in [0.15, 0.2) is 24.4 Å². The van der Waals surface area contributed by atoms with E-state index in [2.05, 4.69) is 27.2 Å². The average Bonchev–Trinajstić information content (AvgIpc) is 3.10. The number of likely N-dealkylation sites (tertiary alicyclic amines) is 1.